The summed E-state index contributed by atoms with van der Waals surface area (Å²) in [5.74, 6) is -0.115. The van der Waals surface area contributed by atoms with E-state index in [1.165, 1.54) is 35.6 Å². The van der Waals surface area contributed by atoms with Crippen molar-refractivity contribution in [1.29, 1.82) is 0 Å². The van der Waals surface area contributed by atoms with Crippen molar-refractivity contribution in [1.82, 2.24) is 4.98 Å². The fraction of sp³-hybridized carbons (Fsp3) is 0.167. The highest BCUT2D eigenvalue weighted by Gasteiger charge is 2.21. The maximum atomic E-state index is 13.1. The number of ether oxygens (including phenoxy) is 1. The predicted octanol–water partition coefficient (Wildman–Crippen LogP) is 5.66. The number of nitrogens with zero attached hydrogens (tertiary/aromatic N) is 2. The van der Waals surface area contributed by atoms with E-state index in [0.29, 0.717) is 17.4 Å². The maximum Gasteiger partial charge on any atom is 0.267 e. The molecule has 1 aromatic heterocycles. The van der Waals surface area contributed by atoms with Crippen LogP contribution in [0.4, 0.5) is 9.52 Å². The van der Waals surface area contributed by atoms with Crippen LogP contribution in [-0.2, 0) is 11.3 Å². The van der Waals surface area contributed by atoms with E-state index in [2.05, 4.69) is 13.0 Å². The van der Waals surface area contributed by atoms with E-state index in [1.54, 1.807) is 4.90 Å². The average molecular weight is 421 g/mol. The Morgan fingerprint density at radius 1 is 1.07 bits per heavy atom. The Bertz CT molecular complexity index is 1170. The number of fused-ring (bicyclic) bond motifs is 1. The first-order valence-electron chi connectivity index (χ1n) is 9.60. The van der Waals surface area contributed by atoms with E-state index in [9.17, 15) is 9.18 Å². The van der Waals surface area contributed by atoms with Gasteiger partial charge in [0, 0.05) is 0 Å². The number of anilines is 1. The molecular formula is C24H21FN2O2S. The van der Waals surface area contributed by atoms with Crippen molar-refractivity contribution in [3.05, 3.63) is 89.2 Å². The topological polar surface area (TPSA) is 42.4 Å². The second-order valence-corrected chi connectivity index (χ2v) is 8.11. The first-order chi connectivity index (χ1) is 14.5. The number of halogens is 1. The summed E-state index contributed by atoms with van der Waals surface area (Å²) >= 11 is 1.50. The summed E-state index contributed by atoms with van der Waals surface area (Å²) in [4.78, 5) is 19.5. The van der Waals surface area contributed by atoms with Crippen molar-refractivity contribution in [2.75, 3.05) is 11.5 Å². The van der Waals surface area contributed by atoms with E-state index in [4.69, 9.17) is 9.72 Å². The first-order valence-corrected chi connectivity index (χ1v) is 10.4. The maximum absolute atomic E-state index is 13.1. The van der Waals surface area contributed by atoms with Gasteiger partial charge in [0.1, 0.15) is 11.6 Å². The second kappa shape index (κ2) is 8.63. The minimum Gasteiger partial charge on any atom is -0.484 e. The zero-order chi connectivity index (χ0) is 21.1. The van der Waals surface area contributed by atoms with Crippen LogP contribution in [0.2, 0.25) is 0 Å². The Hall–Kier alpha value is -3.25. The molecule has 0 aliphatic rings. The molecule has 0 aliphatic carbocycles. The van der Waals surface area contributed by atoms with Crippen LogP contribution in [0, 0.1) is 19.7 Å². The molecule has 0 spiro atoms. The van der Waals surface area contributed by atoms with Gasteiger partial charge in [0.15, 0.2) is 11.7 Å². The molecule has 0 bridgehead atoms. The van der Waals surface area contributed by atoms with Gasteiger partial charge in [-0.1, -0.05) is 47.7 Å². The third-order valence-corrected chi connectivity index (χ3v) is 5.93. The first kappa shape index (κ1) is 20.0. The Morgan fingerprint density at radius 3 is 2.53 bits per heavy atom. The molecule has 0 radical (unpaired) electrons. The van der Waals surface area contributed by atoms with Gasteiger partial charge in [0.25, 0.3) is 5.91 Å². The molecule has 30 heavy (non-hydrogen) atoms. The van der Waals surface area contributed by atoms with Crippen molar-refractivity contribution < 1.29 is 13.9 Å². The monoisotopic (exact) mass is 420 g/mol. The summed E-state index contributed by atoms with van der Waals surface area (Å²) in [6.07, 6.45) is 0. The van der Waals surface area contributed by atoms with Gasteiger partial charge in [-0.05, 0) is 60.9 Å². The van der Waals surface area contributed by atoms with Gasteiger partial charge in [-0.15, -0.1) is 0 Å². The zero-order valence-corrected chi connectivity index (χ0v) is 17.6. The highest BCUT2D eigenvalue weighted by Crippen LogP contribution is 2.33. The molecule has 152 valence electrons. The van der Waals surface area contributed by atoms with Gasteiger partial charge in [-0.3, -0.25) is 9.69 Å². The number of hydrogen-bond acceptors (Lipinski definition) is 4. The summed E-state index contributed by atoms with van der Waals surface area (Å²) in [7, 11) is 0. The quantitative estimate of drug-likeness (QED) is 0.404. The molecular weight excluding hydrogens is 399 g/mol. The van der Waals surface area contributed by atoms with Gasteiger partial charge in [0.2, 0.25) is 0 Å². The lowest BCUT2D eigenvalue weighted by Gasteiger charge is -2.20. The molecule has 0 aliphatic heterocycles. The molecule has 1 heterocycles. The molecule has 4 rings (SSSR count). The molecule has 0 saturated carbocycles. The normalized spacial score (nSPS) is 10.9. The van der Waals surface area contributed by atoms with Crippen LogP contribution >= 0.6 is 11.3 Å². The van der Waals surface area contributed by atoms with Gasteiger partial charge >= 0.3 is 0 Å². The smallest absolute Gasteiger partial charge is 0.267 e. The summed E-state index contributed by atoms with van der Waals surface area (Å²) < 4.78 is 19.8. The number of carbonyl (C=O) groups excluding carboxylic acids is 1. The molecule has 0 N–H and O–H groups in total. The third kappa shape index (κ3) is 4.49. The third-order valence-electron chi connectivity index (χ3n) is 4.70. The number of carbonyl (C=O) groups is 1. The highest BCUT2D eigenvalue weighted by molar-refractivity contribution is 7.22. The molecule has 1 amide bonds. The highest BCUT2D eigenvalue weighted by atomic mass is 32.1. The lowest BCUT2D eigenvalue weighted by Crippen LogP contribution is -2.34. The van der Waals surface area contributed by atoms with Crippen molar-refractivity contribution in [2.24, 2.45) is 0 Å². The molecule has 3 aromatic carbocycles. The van der Waals surface area contributed by atoms with Crippen LogP contribution in [0.25, 0.3) is 10.2 Å². The van der Waals surface area contributed by atoms with Gasteiger partial charge in [-0.25, -0.2) is 9.37 Å². The van der Waals surface area contributed by atoms with Gasteiger partial charge in [-0.2, -0.15) is 0 Å². The summed E-state index contributed by atoms with van der Waals surface area (Å²) in [5.41, 5.74) is 4.17. The summed E-state index contributed by atoms with van der Waals surface area (Å²) in [6, 6.07) is 19.6. The Balaban J connectivity index is 1.63. The lowest BCUT2D eigenvalue weighted by molar-refractivity contribution is -0.120. The average Bonchev–Trinajstić information content (AvgIpc) is 3.16. The fourth-order valence-corrected chi connectivity index (χ4v) is 4.29. The van der Waals surface area contributed by atoms with Gasteiger partial charge in [0.05, 0.1) is 16.8 Å². The van der Waals surface area contributed by atoms with Crippen LogP contribution in [-0.4, -0.2) is 17.5 Å². The fourth-order valence-electron chi connectivity index (χ4n) is 3.26. The number of hydrogen-bond donors (Lipinski definition) is 0. The van der Waals surface area contributed by atoms with E-state index >= 15 is 0 Å². The predicted molar refractivity (Wildman–Crippen MR) is 119 cm³/mol. The van der Waals surface area contributed by atoms with E-state index in [1.807, 2.05) is 43.3 Å². The molecule has 0 fully saturated rings. The van der Waals surface area contributed by atoms with E-state index in [-0.39, 0.29) is 18.3 Å². The second-order valence-electron chi connectivity index (χ2n) is 7.13. The van der Waals surface area contributed by atoms with Crippen LogP contribution < -0.4 is 9.64 Å². The molecule has 4 aromatic rings. The van der Waals surface area contributed by atoms with Crippen LogP contribution in [0.5, 0.6) is 5.75 Å². The van der Waals surface area contributed by atoms with Crippen LogP contribution in [0.3, 0.4) is 0 Å². The van der Waals surface area contributed by atoms with Gasteiger partial charge < -0.3 is 4.74 Å². The number of amides is 1. The van der Waals surface area contributed by atoms with Crippen LogP contribution in [0.1, 0.15) is 16.7 Å². The van der Waals surface area contributed by atoms with E-state index < -0.39 is 0 Å². The molecule has 0 atom stereocenters. The Morgan fingerprint density at radius 2 is 1.80 bits per heavy atom. The number of thiazole rings is 1. The number of aryl methyl sites for hydroxylation is 2. The molecule has 0 unspecified atom stereocenters. The lowest BCUT2D eigenvalue weighted by atomic mass is 10.1. The summed E-state index contributed by atoms with van der Waals surface area (Å²) in [6.45, 7) is 4.32. The summed E-state index contributed by atoms with van der Waals surface area (Å²) in [5, 5.41) is 0.634. The number of rotatable bonds is 6. The Kier molecular flexibility index (Phi) is 5.77. The van der Waals surface area contributed by atoms with Crippen molar-refractivity contribution in [2.45, 2.75) is 20.4 Å². The van der Waals surface area contributed by atoms with Crippen molar-refractivity contribution >= 4 is 32.6 Å². The minimum absolute atomic E-state index is 0.160. The van der Waals surface area contributed by atoms with E-state index in [0.717, 1.165) is 26.9 Å². The minimum atomic E-state index is -0.348. The van der Waals surface area contributed by atoms with Crippen molar-refractivity contribution in [3.8, 4) is 5.75 Å². The largest absolute Gasteiger partial charge is 0.484 e. The standard InChI is InChI=1S/C24H21FN2O2S/c1-16-12-17(2)23-21(13-16)26-24(30-23)27(14-18-6-4-3-5-7-18)22(28)15-29-20-10-8-19(25)9-11-20/h3-13H,14-15H2,1-2H3. The molecule has 6 heteroatoms. The molecule has 4 nitrogen and oxygen atoms in total. The van der Waals surface area contributed by atoms with Crippen LogP contribution in [0.15, 0.2) is 66.7 Å². The van der Waals surface area contributed by atoms with Crippen molar-refractivity contribution in [3.63, 3.8) is 0 Å². The zero-order valence-electron chi connectivity index (χ0n) is 16.8. The number of benzene rings is 3. The number of aromatic nitrogens is 1. The Labute approximate surface area is 178 Å². The SMILES string of the molecule is Cc1cc(C)c2sc(N(Cc3ccccc3)C(=O)COc3ccc(F)cc3)nc2c1. The molecule has 0 saturated heterocycles.